The zero-order valence-electron chi connectivity index (χ0n) is 8.85. The van der Waals surface area contributed by atoms with E-state index < -0.39 is 30.7 Å². The van der Waals surface area contributed by atoms with Gasteiger partial charge in [0.05, 0.1) is 4.58 Å². The van der Waals surface area contributed by atoms with E-state index in [4.69, 9.17) is 9.47 Å². The summed E-state index contributed by atoms with van der Waals surface area (Å²) in [6.07, 6.45) is -4.85. The van der Waals surface area contributed by atoms with E-state index in [1.165, 1.54) is 7.11 Å². The van der Waals surface area contributed by atoms with Crippen molar-refractivity contribution in [3.8, 4) is 0 Å². The molecule has 94 valence electrons. The lowest BCUT2D eigenvalue weighted by Crippen LogP contribution is -2.59. The van der Waals surface area contributed by atoms with Gasteiger partial charge < -0.3 is 24.8 Å². The van der Waals surface area contributed by atoms with Crippen LogP contribution in [0.15, 0.2) is 0 Å². The lowest BCUT2D eigenvalue weighted by Gasteiger charge is -2.41. The molecule has 0 aromatic heterocycles. The fourth-order valence-corrected chi connectivity index (χ4v) is 4.89. The fourth-order valence-electron chi connectivity index (χ4n) is 1.86. The Morgan fingerprint density at radius 1 is 1.06 bits per heavy atom. The summed E-state index contributed by atoms with van der Waals surface area (Å²) < 4.78 is 10.5. The van der Waals surface area contributed by atoms with Gasteiger partial charge in [0.2, 0.25) is 0 Å². The molecule has 0 radical (unpaired) electrons. The maximum Gasteiger partial charge on any atom is 0.186 e. The third kappa shape index (κ3) is 2.35. The van der Waals surface area contributed by atoms with Gasteiger partial charge in [-0.3, -0.25) is 0 Å². The van der Waals surface area contributed by atoms with Crippen LogP contribution in [-0.4, -0.2) is 69.2 Å². The van der Waals surface area contributed by atoms with Gasteiger partial charge >= 0.3 is 0 Å². The Kier molecular flexibility index (Phi) is 4.39. The summed E-state index contributed by atoms with van der Waals surface area (Å²) in [7, 11) is 1.41. The van der Waals surface area contributed by atoms with E-state index in [0.29, 0.717) is 0 Å². The minimum absolute atomic E-state index is 0.0924. The molecule has 5 atom stereocenters. The van der Waals surface area contributed by atoms with Crippen molar-refractivity contribution in [3.05, 3.63) is 0 Å². The Morgan fingerprint density at radius 3 is 2.25 bits per heavy atom. The Hall–Kier alpha value is 0.500. The van der Waals surface area contributed by atoms with Crippen LogP contribution in [0.3, 0.4) is 0 Å². The second-order valence-electron chi connectivity index (χ2n) is 3.79. The first-order valence-corrected chi connectivity index (χ1v) is 7.20. The van der Waals surface area contributed by atoms with Crippen molar-refractivity contribution in [2.45, 2.75) is 35.3 Å². The Balaban J connectivity index is 2.06. The SMILES string of the molecule is CO[C@H]1O[C@H](C2SCCS2)[C@@H](O)[C@H](O)[C@H]1O. The zero-order chi connectivity index (χ0) is 11.7. The van der Waals surface area contributed by atoms with Gasteiger partial charge in [0, 0.05) is 18.6 Å². The van der Waals surface area contributed by atoms with Gasteiger partial charge in [-0.05, 0) is 0 Å². The molecule has 0 unspecified atom stereocenters. The molecule has 0 aromatic carbocycles. The molecule has 2 heterocycles. The molecule has 2 aliphatic rings. The predicted octanol–water partition coefficient (Wildman–Crippen LogP) is -0.754. The van der Waals surface area contributed by atoms with Crippen LogP contribution in [0.5, 0.6) is 0 Å². The molecule has 2 fully saturated rings. The largest absolute Gasteiger partial charge is 0.388 e. The molecule has 2 saturated heterocycles. The van der Waals surface area contributed by atoms with Crippen molar-refractivity contribution in [3.63, 3.8) is 0 Å². The van der Waals surface area contributed by atoms with Crippen LogP contribution in [0.2, 0.25) is 0 Å². The standard InChI is InChI=1S/C9H16O5S2/c1-13-8-6(12)4(10)5(11)7(14-8)9-15-2-3-16-9/h4-12H,2-3H2,1H3/t4-,5-,6+,7-,8-/m0/s1. The molecule has 16 heavy (non-hydrogen) atoms. The monoisotopic (exact) mass is 268 g/mol. The highest BCUT2D eigenvalue weighted by Gasteiger charge is 2.47. The molecular formula is C9H16O5S2. The minimum Gasteiger partial charge on any atom is -0.388 e. The van der Waals surface area contributed by atoms with Crippen molar-refractivity contribution < 1.29 is 24.8 Å². The number of rotatable bonds is 2. The summed E-state index contributed by atoms with van der Waals surface area (Å²) in [5, 5.41) is 29.2. The summed E-state index contributed by atoms with van der Waals surface area (Å²) in [4.78, 5) is 0. The Labute approximate surface area is 103 Å². The second-order valence-corrected chi connectivity index (χ2v) is 6.58. The molecule has 2 rings (SSSR count). The maximum atomic E-state index is 9.86. The number of aliphatic hydroxyl groups is 3. The van der Waals surface area contributed by atoms with Crippen molar-refractivity contribution in [2.75, 3.05) is 18.6 Å². The number of hydrogen-bond acceptors (Lipinski definition) is 7. The first-order valence-electron chi connectivity index (χ1n) is 5.11. The normalized spacial score (nSPS) is 46.1. The summed E-state index contributed by atoms with van der Waals surface area (Å²) in [6.45, 7) is 0. The average molecular weight is 268 g/mol. The Morgan fingerprint density at radius 2 is 1.69 bits per heavy atom. The van der Waals surface area contributed by atoms with Crippen LogP contribution in [0.25, 0.3) is 0 Å². The summed E-state index contributed by atoms with van der Waals surface area (Å²) in [5.41, 5.74) is 0. The second kappa shape index (κ2) is 5.43. The smallest absolute Gasteiger partial charge is 0.186 e. The number of aliphatic hydroxyl groups excluding tert-OH is 3. The first-order chi connectivity index (χ1) is 7.65. The average Bonchev–Trinajstić information content (AvgIpc) is 2.80. The fraction of sp³-hybridized carbons (Fsp3) is 1.00. The third-order valence-electron chi connectivity index (χ3n) is 2.75. The first kappa shape index (κ1) is 12.9. The highest BCUT2D eigenvalue weighted by molar-refractivity contribution is 8.20. The minimum atomic E-state index is -1.22. The van der Waals surface area contributed by atoms with Crippen LogP contribution in [0.4, 0.5) is 0 Å². The molecule has 2 aliphatic heterocycles. The quantitative estimate of drug-likeness (QED) is 0.608. The zero-order valence-corrected chi connectivity index (χ0v) is 10.5. The molecule has 0 aromatic rings. The van der Waals surface area contributed by atoms with E-state index in [0.717, 1.165) is 11.5 Å². The van der Waals surface area contributed by atoms with Gasteiger partial charge in [0.15, 0.2) is 6.29 Å². The third-order valence-corrected chi connectivity index (χ3v) is 5.90. The molecule has 3 N–H and O–H groups in total. The Bertz CT molecular complexity index is 234. The molecule has 0 saturated carbocycles. The lowest BCUT2D eigenvalue weighted by atomic mass is 10.00. The molecule has 0 spiro atoms. The van der Waals surface area contributed by atoms with Gasteiger partial charge in [-0.25, -0.2) is 0 Å². The van der Waals surface area contributed by atoms with Crippen molar-refractivity contribution in [1.29, 1.82) is 0 Å². The lowest BCUT2D eigenvalue weighted by molar-refractivity contribution is -0.286. The number of ether oxygens (including phenoxy) is 2. The van der Waals surface area contributed by atoms with Gasteiger partial charge in [-0.1, -0.05) is 0 Å². The predicted molar refractivity (Wildman–Crippen MR) is 62.4 cm³/mol. The summed E-state index contributed by atoms with van der Waals surface area (Å²) in [5.74, 6) is 2.02. The van der Waals surface area contributed by atoms with Crippen molar-refractivity contribution in [1.82, 2.24) is 0 Å². The number of methoxy groups -OCH3 is 1. The molecule has 5 nitrogen and oxygen atoms in total. The molecule has 0 bridgehead atoms. The molecular weight excluding hydrogens is 252 g/mol. The highest BCUT2D eigenvalue weighted by atomic mass is 32.2. The van der Waals surface area contributed by atoms with Gasteiger partial charge in [-0.15, -0.1) is 23.5 Å². The highest BCUT2D eigenvalue weighted by Crippen LogP contribution is 2.39. The van der Waals surface area contributed by atoms with E-state index in [-0.39, 0.29) is 4.58 Å². The van der Waals surface area contributed by atoms with Crippen molar-refractivity contribution in [2.24, 2.45) is 0 Å². The topological polar surface area (TPSA) is 79.2 Å². The summed E-state index contributed by atoms with van der Waals surface area (Å²) >= 11 is 3.40. The van der Waals surface area contributed by atoms with Gasteiger partial charge in [-0.2, -0.15) is 0 Å². The van der Waals surface area contributed by atoms with E-state index in [1.807, 2.05) is 0 Å². The number of hydrogen-bond donors (Lipinski definition) is 3. The van der Waals surface area contributed by atoms with Gasteiger partial charge in [0.25, 0.3) is 0 Å². The van der Waals surface area contributed by atoms with E-state index in [9.17, 15) is 15.3 Å². The van der Waals surface area contributed by atoms with Crippen LogP contribution in [0.1, 0.15) is 0 Å². The molecule has 7 heteroatoms. The molecule has 0 amide bonds. The van der Waals surface area contributed by atoms with E-state index >= 15 is 0 Å². The molecule has 0 aliphatic carbocycles. The van der Waals surface area contributed by atoms with Crippen LogP contribution in [-0.2, 0) is 9.47 Å². The maximum absolute atomic E-state index is 9.86. The van der Waals surface area contributed by atoms with Crippen LogP contribution in [0, 0.1) is 0 Å². The van der Waals surface area contributed by atoms with Gasteiger partial charge in [0.1, 0.15) is 24.4 Å². The van der Waals surface area contributed by atoms with Crippen LogP contribution < -0.4 is 0 Å². The summed E-state index contributed by atoms with van der Waals surface area (Å²) in [6, 6.07) is 0. The number of thioether (sulfide) groups is 2. The van der Waals surface area contributed by atoms with Crippen LogP contribution >= 0.6 is 23.5 Å². The van der Waals surface area contributed by atoms with Crippen molar-refractivity contribution >= 4 is 23.5 Å². The van der Waals surface area contributed by atoms with E-state index in [1.54, 1.807) is 23.5 Å². The van der Waals surface area contributed by atoms with E-state index in [2.05, 4.69) is 0 Å².